The molecule has 0 atom stereocenters. The van der Waals surface area contributed by atoms with Crippen LogP contribution < -0.4 is 0 Å². The molecule has 9 heteroatoms. The van der Waals surface area contributed by atoms with E-state index in [-0.39, 0.29) is 13.2 Å². The van der Waals surface area contributed by atoms with Gasteiger partial charge in [-0.3, -0.25) is 4.79 Å². The van der Waals surface area contributed by atoms with Crippen molar-refractivity contribution in [2.75, 3.05) is 13.2 Å². The smallest absolute Gasteiger partial charge is 0.410 e. The van der Waals surface area contributed by atoms with Gasteiger partial charge in [-0.05, 0) is 64.6 Å². The van der Waals surface area contributed by atoms with Gasteiger partial charge in [-0.15, -0.1) is 10.2 Å². The predicted octanol–water partition coefficient (Wildman–Crippen LogP) is 5.68. The Labute approximate surface area is 220 Å². The average Bonchev–Trinajstić information content (AvgIpc) is 3.48. The van der Waals surface area contributed by atoms with E-state index in [4.69, 9.17) is 4.74 Å². The molecule has 5 rings (SSSR count). The Morgan fingerprint density at radius 2 is 1.63 bits per heavy atom. The van der Waals surface area contributed by atoms with Gasteiger partial charge in [0.05, 0.1) is 12.0 Å². The number of aromatic amines is 1. The molecule has 3 aromatic carbocycles. The Morgan fingerprint density at radius 1 is 0.947 bits per heavy atom. The number of rotatable bonds is 8. The highest BCUT2D eigenvalue weighted by atomic mass is 16.6. The Hall–Kier alpha value is -4.27. The van der Waals surface area contributed by atoms with Crippen LogP contribution in [0.5, 0.6) is 0 Å². The number of carboxylic acid groups (broad SMARTS) is 1. The third-order valence-electron chi connectivity index (χ3n) is 7.38. The van der Waals surface area contributed by atoms with Crippen LogP contribution in [0.2, 0.25) is 0 Å². The lowest BCUT2D eigenvalue weighted by Crippen LogP contribution is -2.46. The van der Waals surface area contributed by atoms with Crippen molar-refractivity contribution in [1.82, 2.24) is 25.5 Å². The molecule has 38 heavy (non-hydrogen) atoms. The molecular formula is C29H31N5O4. The molecular weight excluding hydrogens is 482 g/mol. The van der Waals surface area contributed by atoms with Gasteiger partial charge in [0.15, 0.2) is 0 Å². The molecule has 1 aromatic heterocycles. The largest absolute Gasteiger partial charge is 0.481 e. The van der Waals surface area contributed by atoms with Gasteiger partial charge in [-0.1, -0.05) is 67.8 Å². The molecule has 1 fully saturated rings. The molecule has 196 valence electrons. The van der Waals surface area contributed by atoms with Gasteiger partial charge < -0.3 is 14.7 Å². The maximum atomic E-state index is 12.8. The molecule has 0 bridgehead atoms. The summed E-state index contributed by atoms with van der Waals surface area (Å²) < 4.78 is 5.31. The first-order valence-electron chi connectivity index (χ1n) is 13.0. The quantitative estimate of drug-likeness (QED) is 0.311. The van der Waals surface area contributed by atoms with Crippen LogP contribution in [-0.4, -0.2) is 55.8 Å². The summed E-state index contributed by atoms with van der Waals surface area (Å²) in [5.74, 6) is -0.278. The number of fused-ring (bicyclic) bond motifs is 1. The molecule has 0 radical (unpaired) electrons. The minimum absolute atomic E-state index is 0.151. The Bertz CT molecular complexity index is 1410. The van der Waals surface area contributed by atoms with Crippen LogP contribution in [0.1, 0.15) is 44.6 Å². The van der Waals surface area contributed by atoms with Crippen LogP contribution in [0.4, 0.5) is 4.79 Å². The van der Waals surface area contributed by atoms with Crippen molar-refractivity contribution < 1.29 is 19.4 Å². The number of nitrogens with zero attached hydrogens (tertiary/aromatic N) is 4. The zero-order valence-electron chi connectivity index (χ0n) is 21.4. The number of tetrazole rings is 1. The number of hydrogen-bond acceptors (Lipinski definition) is 6. The third-order valence-corrected chi connectivity index (χ3v) is 7.38. The first-order valence-corrected chi connectivity index (χ1v) is 13.0. The molecule has 1 aliphatic carbocycles. The van der Waals surface area contributed by atoms with Crippen LogP contribution in [0.15, 0.2) is 60.7 Å². The van der Waals surface area contributed by atoms with E-state index in [1.807, 2.05) is 36.4 Å². The third kappa shape index (κ3) is 5.37. The number of ether oxygens (including phenoxy) is 1. The number of carbonyl (C=O) groups is 2. The van der Waals surface area contributed by atoms with Crippen molar-refractivity contribution in [1.29, 1.82) is 0 Å². The number of hydrogen-bond donors (Lipinski definition) is 2. The summed E-state index contributed by atoms with van der Waals surface area (Å²) in [6.45, 7) is 2.45. The SMILES string of the molecule is CCOC(=O)N(Cc1ccc2cc(-c3ccc(-c4nn[nH]n4)cc3)ccc2c1)CC1(C(=O)O)CCCCC1. The van der Waals surface area contributed by atoms with E-state index in [1.165, 1.54) is 0 Å². The fourth-order valence-electron chi connectivity index (χ4n) is 5.32. The summed E-state index contributed by atoms with van der Waals surface area (Å²) in [7, 11) is 0. The van der Waals surface area contributed by atoms with Crippen LogP contribution >= 0.6 is 0 Å². The number of amides is 1. The Balaban J connectivity index is 1.36. The van der Waals surface area contributed by atoms with E-state index < -0.39 is 17.5 Å². The number of carboxylic acids is 1. The zero-order valence-corrected chi connectivity index (χ0v) is 21.4. The molecule has 0 aliphatic heterocycles. The highest BCUT2D eigenvalue weighted by molar-refractivity contribution is 5.88. The summed E-state index contributed by atoms with van der Waals surface area (Å²) in [6, 6.07) is 20.3. The second-order valence-corrected chi connectivity index (χ2v) is 9.91. The molecule has 2 N–H and O–H groups in total. The van der Waals surface area contributed by atoms with E-state index in [1.54, 1.807) is 11.8 Å². The lowest BCUT2D eigenvalue weighted by Gasteiger charge is -2.37. The van der Waals surface area contributed by atoms with Gasteiger partial charge in [0.2, 0.25) is 5.82 Å². The van der Waals surface area contributed by atoms with Gasteiger partial charge in [0.25, 0.3) is 0 Å². The predicted molar refractivity (Wildman–Crippen MR) is 143 cm³/mol. The summed E-state index contributed by atoms with van der Waals surface area (Å²) >= 11 is 0. The first kappa shape index (κ1) is 25.4. The lowest BCUT2D eigenvalue weighted by atomic mass is 9.73. The van der Waals surface area contributed by atoms with Crippen molar-refractivity contribution in [2.24, 2.45) is 5.41 Å². The number of nitrogens with one attached hydrogen (secondary N) is 1. The van der Waals surface area contributed by atoms with Crippen LogP contribution in [-0.2, 0) is 16.1 Å². The van der Waals surface area contributed by atoms with Gasteiger partial charge in [0, 0.05) is 18.7 Å². The fourth-order valence-corrected chi connectivity index (χ4v) is 5.32. The highest BCUT2D eigenvalue weighted by Gasteiger charge is 2.42. The van der Waals surface area contributed by atoms with E-state index in [0.29, 0.717) is 25.2 Å². The minimum atomic E-state index is -0.921. The molecule has 9 nitrogen and oxygen atoms in total. The molecule has 1 heterocycles. The zero-order chi connectivity index (χ0) is 26.5. The van der Waals surface area contributed by atoms with Crippen molar-refractivity contribution in [2.45, 2.75) is 45.6 Å². The summed E-state index contributed by atoms with van der Waals surface area (Å²) in [4.78, 5) is 26.7. The molecule has 0 unspecified atom stereocenters. The normalized spacial score (nSPS) is 14.8. The van der Waals surface area contributed by atoms with Gasteiger partial charge in [-0.25, -0.2) is 4.79 Å². The van der Waals surface area contributed by atoms with Crippen molar-refractivity contribution in [3.63, 3.8) is 0 Å². The molecule has 1 amide bonds. The number of aliphatic carboxylic acids is 1. The maximum Gasteiger partial charge on any atom is 0.410 e. The van der Waals surface area contributed by atoms with Crippen LogP contribution in [0.25, 0.3) is 33.3 Å². The average molecular weight is 514 g/mol. The summed E-state index contributed by atoms with van der Waals surface area (Å²) in [5, 5.41) is 26.3. The van der Waals surface area contributed by atoms with Crippen LogP contribution in [0.3, 0.4) is 0 Å². The van der Waals surface area contributed by atoms with Crippen molar-refractivity contribution >= 4 is 22.8 Å². The second kappa shape index (κ2) is 11.0. The summed E-state index contributed by atoms with van der Waals surface area (Å²) in [6.07, 6.45) is 3.44. The topological polar surface area (TPSA) is 121 Å². The first-order chi connectivity index (χ1) is 18.5. The van der Waals surface area contributed by atoms with E-state index >= 15 is 0 Å². The monoisotopic (exact) mass is 513 g/mol. The van der Waals surface area contributed by atoms with Crippen LogP contribution in [0, 0.1) is 5.41 Å². The molecule has 0 saturated heterocycles. The molecule has 4 aromatic rings. The Morgan fingerprint density at radius 3 is 2.32 bits per heavy atom. The standard InChI is InChI=1S/C29H31N5O4/c1-2-38-28(37)34(19-29(27(35)36)14-4-3-5-15-29)18-20-6-7-25-17-24(13-12-23(25)16-20)21-8-10-22(11-9-21)26-30-32-33-31-26/h6-13,16-17H,2-5,14-15,18-19H2,1H3,(H,35,36)(H,30,31,32,33). The molecule has 1 saturated carbocycles. The van der Waals surface area contributed by atoms with Gasteiger partial charge in [-0.2, -0.15) is 5.21 Å². The number of carbonyl (C=O) groups excluding carboxylic acids is 1. The Kier molecular flexibility index (Phi) is 7.35. The van der Waals surface area contributed by atoms with Gasteiger partial charge >= 0.3 is 12.1 Å². The number of aromatic nitrogens is 4. The highest BCUT2D eigenvalue weighted by Crippen LogP contribution is 2.38. The van der Waals surface area contributed by atoms with Crippen molar-refractivity contribution in [3.8, 4) is 22.5 Å². The number of H-pyrrole nitrogens is 1. The fraction of sp³-hybridized carbons (Fsp3) is 0.345. The number of benzene rings is 3. The van der Waals surface area contributed by atoms with E-state index in [2.05, 4.69) is 44.9 Å². The second-order valence-electron chi connectivity index (χ2n) is 9.91. The lowest BCUT2D eigenvalue weighted by molar-refractivity contribution is -0.152. The van der Waals surface area contributed by atoms with Crippen molar-refractivity contribution in [3.05, 3.63) is 66.2 Å². The van der Waals surface area contributed by atoms with Gasteiger partial charge in [0.1, 0.15) is 0 Å². The maximum absolute atomic E-state index is 12.8. The molecule has 1 aliphatic rings. The minimum Gasteiger partial charge on any atom is -0.481 e. The van der Waals surface area contributed by atoms with E-state index in [9.17, 15) is 14.7 Å². The molecule has 0 spiro atoms. The van der Waals surface area contributed by atoms with E-state index in [0.717, 1.165) is 52.3 Å². The summed E-state index contributed by atoms with van der Waals surface area (Å²) in [5.41, 5.74) is 3.05.